The largest absolute Gasteiger partial charge is 0.490 e. The summed E-state index contributed by atoms with van der Waals surface area (Å²) in [5.41, 5.74) is -1.21. The molecule has 0 aliphatic heterocycles. The molecule has 0 aromatic heterocycles. The Kier molecular flexibility index (Phi) is 3.34. The molecular formula is C12H10F2N2O3. The maximum atomic E-state index is 13.5. The minimum Gasteiger partial charge on any atom is -0.490 e. The van der Waals surface area contributed by atoms with E-state index in [0.717, 1.165) is 12.8 Å². The van der Waals surface area contributed by atoms with E-state index in [0.29, 0.717) is 18.6 Å². The van der Waals surface area contributed by atoms with Crippen LogP contribution in [0.5, 0.6) is 5.75 Å². The van der Waals surface area contributed by atoms with Gasteiger partial charge in [0.15, 0.2) is 11.6 Å². The van der Waals surface area contributed by atoms with Gasteiger partial charge in [-0.15, -0.1) is 0 Å². The second kappa shape index (κ2) is 4.80. The Morgan fingerprint density at radius 2 is 2.11 bits per heavy atom. The summed E-state index contributed by atoms with van der Waals surface area (Å²) < 4.78 is 32.0. The molecule has 5 nitrogen and oxygen atoms in total. The highest BCUT2D eigenvalue weighted by Gasteiger charge is 2.43. The van der Waals surface area contributed by atoms with Crippen LogP contribution in [-0.4, -0.2) is 11.5 Å². The maximum Gasteiger partial charge on any atom is 0.307 e. The van der Waals surface area contributed by atoms with Gasteiger partial charge in [-0.2, -0.15) is 9.65 Å². The van der Waals surface area contributed by atoms with E-state index < -0.39 is 22.2 Å². The van der Waals surface area contributed by atoms with Crippen LogP contribution in [-0.2, 0) is 0 Å². The van der Waals surface area contributed by atoms with Crippen molar-refractivity contribution >= 4 is 5.69 Å². The smallest absolute Gasteiger partial charge is 0.307 e. The Bertz CT molecular complexity index is 565. The molecule has 0 atom stereocenters. The molecule has 0 radical (unpaired) electrons. The molecule has 2 rings (SSSR count). The molecular weight excluding hydrogens is 258 g/mol. The third-order valence-corrected chi connectivity index (χ3v) is 3.14. The van der Waals surface area contributed by atoms with Crippen LogP contribution >= 0.6 is 0 Å². The zero-order valence-corrected chi connectivity index (χ0v) is 9.86. The van der Waals surface area contributed by atoms with Gasteiger partial charge in [-0.1, -0.05) is 0 Å². The predicted molar refractivity (Wildman–Crippen MR) is 60.4 cm³/mol. The predicted octanol–water partition coefficient (Wildman–Crippen LogP) is 2.95. The number of ether oxygens (including phenoxy) is 1. The maximum absolute atomic E-state index is 13.5. The molecule has 7 heteroatoms. The first-order chi connectivity index (χ1) is 8.97. The molecule has 1 saturated carbocycles. The topological polar surface area (TPSA) is 76.2 Å². The molecule has 100 valence electrons. The van der Waals surface area contributed by atoms with Gasteiger partial charge in [0.05, 0.1) is 23.7 Å². The van der Waals surface area contributed by atoms with E-state index >= 15 is 0 Å². The monoisotopic (exact) mass is 268 g/mol. The van der Waals surface area contributed by atoms with Crippen molar-refractivity contribution in [1.29, 1.82) is 5.26 Å². The molecule has 1 aliphatic carbocycles. The lowest BCUT2D eigenvalue weighted by Crippen LogP contribution is -2.13. The summed E-state index contributed by atoms with van der Waals surface area (Å²) in [6.07, 6.45) is 1.90. The first kappa shape index (κ1) is 13.2. The Morgan fingerprint density at radius 1 is 1.42 bits per heavy atom. The number of nitro benzene ring substituents is 1. The van der Waals surface area contributed by atoms with Crippen molar-refractivity contribution in [2.75, 3.05) is 6.61 Å². The average molecular weight is 268 g/mol. The zero-order valence-electron chi connectivity index (χ0n) is 9.86. The summed E-state index contributed by atoms with van der Waals surface area (Å²) in [6.45, 7) is 0.106. The van der Waals surface area contributed by atoms with Gasteiger partial charge in [-0.3, -0.25) is 10.1 Å². The van der Waals surface area contributed by atoms with Crippen molar-refractivity contribution in [2.45, 2.75) is 19.3 Å². The van der Waals surface area contributed by atoms with E-state index in [1.807, 2.05) is 6.07 Å². The summed E-state index contributed by atoms with van der Waals surface area (Å²) >= 11 is 0. The van der Waals surface area contributed by atoms with Gasteiger partial charge in [-0.25, -0.2) is 4.39 Å². The number of benzene rings is 1. The summed E-state index contributed by atoms with van der Waals surface area (Å²) in [6, 6.07) is 3.18. The van der Waals surface area contributed by atoms with Crippen LogP contribution in [0.1, 0.15) is 19.3 Å². The SMILES string of the molecule is N#CCC1(COc2cc(F)c([N+](=O)[O-])cc2F)CC1. The first-order valence-electron chi connectivity index (χ1n) is 5.61. The quantitative estimate of drug-likeness (QED) is 0.607. The van der Waals surface area contributed by atoms with Crippen LogP contribution in [0, 0.1) is 38.5 Å². The molecule has 0 N–H and O–H groups in total. The van der Waals surface area contributed by atoms with E-state index in [9.17, 15) is 18.9 Å². The molecule has 0 bridgehead atoms. The molecule has 0 saturated heterocycles. The van der Waals surface area contributed by atoms with Gasteiger partial charge in [0.1, 0.15) is 0 Å². The second-order valence-electron chi connectivity index (χ2n) is 4.61. The van der Waals surface area contributed by atoms with Crippen LogP contribution in [0.15, 0.2) is 12.1 Å². The van der Waals surface area contributed by atoms with Crippen molar-refractivity contribution in [3.05, 3.63) is 33.9 Å². The van der Waals surface area contributed by atoms with Gasteiger partial charge < -0.3 is 4.74 Å². The molecule has 1 aliphatic rings. The molecule has 1 fully saturated rings. The molecule has 1 aromatic carbocycles. The summed E-state index contributed by atoms with van der Waals surface area (Å²) in [7, 11) is 0. The standard InChI is InChI=1S/C12H10F2N2O3/c13-8-6-11(9(14)5-10(8)16(17)18)19-7-12(1-2-12)3-4-15/h5-6H,1-3,7H2. The van der Waals surface area contributed by atoms with Gasteiger partial charge in [0.2, 0.25) is 5.82 Å². The van der Waals surface area contributed by atoms with E-state index in [1.54, 1.807) is 0 Å². The Hall–Kier alpha value is -2.23. The lowest BCUT2D eigenvalue weighted by Gasteiger charge is -2.13. The molecule has 0 unspecified atom stereocenters. The van der Waals surface area contributed by atoms with Crippen LogP contribution in [0.2, 0.25) is 0 Å². The third-order valence-electron chi connectivity index (χ3n) is 3.14. The van der Waals surface area contributed by atoms with Crippen LogP contribution in [0.25, 0.3) is 0 Å². The van der Waals surface area contributed by atoms with E-state index in [2.05, 4.69) is 0 Å². The van der Waals surface area contributed by atoms with Gasteiger partial charge >= 0.3 is 5.69 Å². The third kappa shape index (κ3) is 2.78. The lowest BCUT2D eigenvalue weighted by molar-refractivity contribution is -0.387. The fraction of sp³-hybridized carbons (Fsp3) is 0.417. The Morgan fingerprint density at radius 3 is 2.63 bits per heavy atom. The summed E-state index contributed by atoms with van der Waals surface area (Å²) in [5.74, 6) is -2.50. The van der Waals surface area contributed by atoms with E-state index in [1.165, 1.54) is 0 Å². The number of nitriles is 1. The molecule has 19 heavy (non-hydrogen) atoms. The fourth-order valence-corrected chi connectivity index (χ4v) is 1.72. The number of hydrogen-bond acceptors (Lipinski definition) is 4. The normalized spacial score (nSPS) is 15.6. The number of hydrogen-bond donors (Lipinski definition) is 0. The molecule has 1 aromatic rings. The van der Waals surface area contributed by atoms with E-state index in [-0.39, 0.29) is 17.8 Å². The van der Waals surface area contributed by atoms with Gasteiger partial charge in [0.25, 0.3) is 0 Å². The van der Waals surface area contributed by atoms with Crippen LogP contribution in [0.3, 0.4) is 0 Å². The number of nitro groups is 1. The lowest BCUT2D eigenvalue weighted by atomic mass is 10.1. The number of halogens is 2. The van der Waals surface area contributed by atoms with Crippen molar-refractivity contribution in [3.8, 4) is 11.8 Å². The first-order valence-corrected chi connectivity index (χ1v) is 5.61. The van der Waals surface area contributed by atoms with Crippen molar-refractivity contribution in [2.24, 2.45) is 5.41 Å². The second-order valence-corrected chi connectivity index (χ2v) is 4.61. The summed E-state index contributed by atoms with van der Waals surface area (Å²) in [4.78, 5) is 9.42. The fourth-order valence-electron chi connectivity index (χ4n) is 1.72. The Labute approximate surface area is 107 Å². The number of rotatable bonds is 5. The van der Waals surface area contributed by atoms with Crippen LogP contribution < -0.4 is 4.74 Å². The zero-order chi connectivity index (χ0) is 14.0. The number of nitrogens with zero attached hydrogens (tertiary/aromatic N) is 2. The highest BCUT2D eigenvalue weighted by molar-refractivity contribution is 5.39. The van der Waals surface area contributed by atoms with Crippen molar-refractivity contribution in [3.63, 3.8) is 0 Å². The highest BCUT2D eigenvalue weighted by atomic mass is 19.1. The minimum atomic E-state index is -1.15. The Balaban J connectivity index is 2.12. The van der Waals surface area contributed by atoms with Gasteiger partial charge in [0, 0.05) is 17.9 Å². The highest BCUT2D eigenvalue weighted by Crippen LogP contribution is 2.48. The molecule has 0 amide bonds. The van der Waals surface area contributed by atoms with Gasteiger partial charge in [-0.05, 0) is 12.8 Å². The van der Waals surface area contributed by atoms with E-state index in [4.69, 9.17) is 10.00 Å². The minimum absolute atomic E-state index is 0.106. The van der Waals surface area contributed by atoms with Crippen LogP contribution in [0.4, 0.5) is 14.5 Å². The van der Waals surface area contributed by atoms with Crippen molar-refractivity contribution in [1.82, 2.24) is 0 Å². The summed E-state index contributed by atoms with van der Waals surface area (Å²) in [5, 5.41) is 19.0. The van der Waals surface area contributed by atoms with Crippen molar-refractivity contribution < 1.29 is 18.4 Å². The molecule has 0 heterocycles. The molecule has 0 spiro atoms. The average Bonchev–Trinajstić information content (AvgIpc) is 3.10.